The molecule has 5 heteroatoms. The number of likely N-dealkylation sites (tertiary alicyclic amines) is 1. The van der Waals surface area contributed by atoms with E-state index in [1.807, 2.05) is 35.2 Å². The third kappa shape index (κ3) is 3.24. The second kappa shape index (κ2) is 6.26. The van der Waals surface area contributed by atoms with Crippen LogP contribution in [0, 0.1) is 0 Å². The van der Waals surface area contributed by atoms with Crippen molar-refractivity contribution in [3.8, 4) is 0 Å². The van der Waals surface area contributed by atoms with Crippen molar-refractivity contribution >= 4 is 11.9 Å². The van der Waals surface area contributed by atoms with E-state index in [4.69, 9.17) is 0 Å². The highest BCUT2D eigenvalue weighted by molar-refractivity contribution is 5.82. The lowest BCUT2D eigenvalue weighted by molar-refractivity contribution is -0.146. The number of carboxylic acids is 1. The lowest BCUT2D eigenvalue weighted by atomic mass is 9.73. The van der Waals surface area contributed by atoms with Gasteiger partial charge in [-0.2, -0.15) is 0 Å². The fourth-order valence-corrected chi connectivity index (χ4v) is 2.81. The van der Waals surface area contributed by atoms with Crippen molar-refractivity contribution in [3.63, 3.8) is 0 Å². The molecule has 5 nitrogen and oxygen atoms in total. The predicted octanol–water partition coefficient (Wildman–Crippen LogP) is 1.19. The number of hydrogen-bond donors (Lipinski definition) is 1. The molecule has 1 N–H and O–H groups in total. The normalized spacial score (nSPS) is 18.2. The quantitative estimate of drug-likeness (QED) is 0.905. The van der Waals surface area contributed by atoms with Gasteiger partial charge >= 0.3 is 5.97 Å². The Morgan fingerprint density at radius 3 is 2.24 bits per heavy atom. The second-order valence-corrected chi connectivity index (χ2v) is 5.82. The minimum Gasteiger partial charge on any atom is -0.481 e. The van der Waals surface area contributed by atoms with E-state index >= 15 is 0 Å². The van der Waals surface area contributed by atoms with Crippen LogP contribution in [-0.2, 0) is 15.0 Å². The van der Waals surface area contributed by atoms with Gasteiger partial charge in [-0.15, -0.1) is 0 Å². The van der Waals surface area contributed by atoms with E-state index in [1.165, 1.54) is 0 Å². The number of carbonyl (C=O) groups excluding carboxylic acids is 1. The summed E-state index contributed by atoms with van der Waals surface area (Å²) in [6.07, 6.45) is 1.07. The molecule has 0 unspecified atom stereocenters. The third-order valence-corrected chi connectivity index (χ3v) is 4.30. The zero-order chi connectivity index (χ0) is 15.5. The van der Waals surface area contributed by atoms with Crippen LogP contribution in [0.2, 0.25) is 0 Å². The van der Waals surface area contributed by atoms with Crippen LogP contribution >= 0.6 is 0 Å². The maximum Gasteiger partial charge on any atom is 0.314 e. The Balaban J connectivity index is 2.09. The number of carbonyl (C=O) groups is 2. The van der Waals surface area contributed by atoms with Gasteiger partial charge in [-0.25, -0.2) is 0 Å². The molecule has 0 bridgehead atoms. The van der Waals surface area contributed by atoms with Gasteiger partial charge in [-0.1, -0.05) is 30.3 Å². The van der Waals surface area contributed by atoms with Crippen molar-refractivity contribution in [3.05, 3.63) is 35.9 Å². The number of likely N-dealkylation sites (N-methyl/N-ethyl adjacent to an activating group) is 1. The van der Waals surface area contributed by atoms with Gasteiger partial charge in [0.05, 0.1) is 12.0 Å². The maximum absolute atomic E-state index is 11.8. The van der Waals surface area contributed by atoms with Gasteiger partial charge in [0.15, 0.2) is 0 Å². The van der Waals surface area contributed by atoms with E-state index in [0.717, 1.165) is 5.56 Å². The molecular formula is C16H22N2O3. The maximum atomic E-state index is 11.8. The predicted molar refractivity (Wildman–Crippen MR) is 80.1 cm³/mol. The number of rotatable bonds is 4. The summed E-state index contributed by atoms with van der Waals surface area (Å²) in [4.78, 5) is 27.2. The highest BCUT2D eigenvalue weighted by Crippen LogP contribution is 2.35. The molecule has 0 atom stereocenters. The van der Waals surface area contributed by atoms with Crippen LogP contribution in [0.5, 0.6) is 0 Å². The molecular weight excluding hydrogens is 268 g/mol. The van der Waals surface area contributed by atoms with Gasteiger partial charge in [0.1, 0.15) is 0 Å². The number of benzene rings is 1. The van der Waals surface area contributed by atoms with Crippen LogP contribution in [0.1, 0.15) is 18.4 Å². The summed E-state index contributed by atoms with van der Waals surface area (Å²) in [7, 11) is 3.47. The van der Waals surface area contributed by atoms with Crippen molar-refractivity contribution in [2.24, 2.45) is 0 Å². The summed E-state index contributed by atoms with van der Waals surface area (Å²) in [6, 6.07) is 9.41. The average molecular weight is 290 g/mol. The van der Waals surface area contributed by atoms with Crippen LogP contribution in [0.4, 0.5) is 0 Å². The molecule has 21 heavy (non-hydrogen) atoms. The standard InChI is InChI=1S/C16H22N2O3/c1-17(2)14(19)12-18-10-8-16(9-11-18,15(20)21)13-6-4-3-5-7-13/h3-7H,8-12H2,1-2H3,(H,20,21). The number of aliphatic carboxylic acids is 1. The van der Waals surface area contributed by atoms with E-state index in [2.05, 4.69) is 0 Å². The van der Waals surface area contributed by atoms with Crippen LogP contribution in [0.15, 0.2) is 30.3 Å². The highest BCUT2D eigenvalue weighted by atomic mass is 16.4. The van der Waals surface area contributed by atoms with E-state index < -0.39 is 11.4 Å². The molecule has 1 aliphatic heterocycles. The Bertz CT molecular complexity index is 506. The molecule has 1 heterocycles. The van der Waals surface area contributed by atoms with E-state index in [1.54, 1.807) is 19.0 Å². The minimum atomic E-state index is -0.821. The number of amides is 1. The number of carboxylic acid groups (broad SMARTS) is 1. The first-order chi connectivity index (χ1) is 9.95. The van der Waals surface area contributed by atoms with Crippen molar-refractivity contribution in [1.29, 1.82) is 0 Å². The van der Waals surface area contributed by atoms with Crippen LogP contribution in [0.3, 0.4) is 0 Å². The SMILES string of the molecule is CN(C)C(=O)CN1CCC(C(=O)O)(c2ccccc2)CC1. The average Bonchev–Trinajstić information content (AvgIpc) is 2.48. The van der Waals surface area contributed by atoms with E-state index in [9.17, 15) is 14.7 Å². The molecule has 0 spiro atoms. The van der Waals surface area contributed by atoms with Gasteiger partial charge in [0, 0.05) is 27.2 Å². The molecule has 1 aliphatic rings. The van der Waals surface area contributed by atoms with Gasteiger partial charge in [0.2, 0.25) is 5.91 Å². The number of piperidine rings is 1. The molecule has 1 amide bonds. The smallest absolute Gasteiger partial charge is 0.314 e. The molecule has 1 aromatic rings. The molecule has 0 saturated carbocycles. The summed E-state index contributed by atoms with van der Waals surface area (Å²) in [5.74, 6) is -0.718. The first-order valence-corrected chi connectivity index (χ1v) is 7.17. The first-order valence-electron chi connectivity index (χ1n) is 7.17. The number of nitrogens with zero attached hydrogens (tertiary/aromatic N) is 2. The molecule has 1 saturated heterocycles. The summed E-state index contributed by atoms with van der Waals surface area (Å²) < 4.78 is 0. The summed E-state index contributed by atoms with van der Waals surface area (Å²) in [6.45, 7) is 1.61. The van der Waals surface area contributed by atoms with Crippen molar-refractivity contribution in [2.75, 3.05) is 33.7 Å². The largest absolute Gasteiger partial charge is 0.481 e. The van der Waals surface area contributed by atoms with Gasteiger partial charge in [0.25, 0.3) is 0 Å². The summed E-state index contributed by atoms with van der Waals surface area (Å²) >= 11 is 0. The molecule has 1 aromatic carbocycles. The van der Waals surface area contributed by atoms with Crippen LogP contribution in [0.25, 0.3) is 0 Å². The molecule has 1 fully saturated rings. The minimum absolute atomic E-state index is 0.0533. The van der Waals surface area contributed by atoms with Gasteiger partial charge in [-0.05, 0) is 18.4 Å². The van der Waals surface area contributed by atoms with Crippen LogP contribution < -0.4 is 0 Å². The lowest BCUT2D eigenvalue weighted by Crippen LogP contribution is -2.49. The topological polar surface area (TPSA) is 60.9 Å². The van der Waals surface area contributed by atoms with Crippen molar-refractivity contribution in [2.45, 2.75) is 18.3 Å². The molecule has 2 rings (SSSR count). The third-order valence-electron chi connectivity index (χ3n) is 4.30. The van der Waals surface area contributed by atoms with E-state index in [0.29, 0.717) is 32.5 Å². The monoisotopic (exact) mass is 290 g/mol. The van der Waals surface area contributed by atoms with Gasteiger partial charge in [-0.3, -0.25) is 14.5 Å². The van der Waals surface area contributed by atoms with E-state index in [-0.39, 0.29) is 5.91 Å². The highest BCUT2D eigenvalue weighted by Gasteiger charge is 2.43. The zero-order valence-electron chi connectivity index (χ0n) is 12.6. The molecule has 0 aromatic heterocycles. The Labute approximate surface area is 125 Å². The number of hydrogen-bond acceptors (Lipinski definition) is 3. The molecule has 0 aliphatic carbocycles. The summed E-state index contributed by atoms with van der Waals surface area (Å²) in [5.41, 5.74) is 0.0370. The molecule has 0 radical (unpaired) electrons. The van der Waals surface area contributed by atoms with Crippen LogP contribution in [-0.4, -0.2) is 60.5 Å². The molecule has 114 valence electrons. The Morgan fingerprint density at radius 1 is 1.19 bits per heavy atom. The Hall–Kier alpha value is -1.88. The summed E-state index contributed by atoms with van der Waals surface area (Å²) in [5, 5.41) is 9.70. The Kier molecular flexibility index (Phi) is 4.63. The van der Waals surface area contributed by atoms with Crippen molar-refractivity contribution < 1.29 is 14.7 Å². The fraction of sp³-hybridized carbons (Fsp3) is 0.500. The van der Waals surface area contributed by atoms with Crippen molar-refractivity contribution in [1.82, 2.24) is 9.80 Å². The first kappa shape index (κ1) is 15.5. The lowest BCUT2D eigenvalue weighted by Gasteiger charge is -2.39. The second-order valence-electron chi connectivity index (χ2n) is 5.82. The Morgan fingerprint density at radius 2 is 1.76 bits per heavy atom. The fourth-order valence-electron chi connectivity index (χ4n) is 2.81. The zero-order valence-corrected chi connectivity index (χ0v) is 12.6. The van der Waals surface area contributed by atoms with Gasteiger partial charge < -0.3 is 10.0 Å².